The molecule has 0 aliphatic carbocycles. The molecule has 0 saturated carbocycles. The van der Waals surface area contributed by atoms with E-state index in [1.165, 1.54) is 65.0 Å². The molecule has 1 unspecified atom stereocenters. The minimum atomic E-state index is 0.700. The van der Waals surface area contributed by atoms with Crippen molar-refractivity contribution in [2.75, 3.05) is 46.3 Å². The van der Waals surface area contributed by atoms with E-state index in [2.05, 4.69) is 29.1 Å². The minimum Gasteiger partial charge on any atom is -0.313 e. The van der Waals surface area contributed by atoms with Crippen LogP contribution < -0.4 is 5.32 Å². The summed E-state index contributed by atoms with van der Waals surface area (Å²) in [7, 11) is 2.24. The van der Waals surface area contributed by atoms with Gasteiger partial charge in [-0.05, 0) is 71.8 Å². The van der Waals surface area contributed by atoms with Gasteiger partial charge in [-0.1, -0.05) is 0 Å². The zero-order valence-electron chi connectivity index (χ0n) is 11.6. The number of nitrogens with zero attached hydrogens (tertiary/aromatic N) is 2. The Morgan fingerprint density at radius 3 is 2.41 bits per heavy atom. The summed E-state index contributed by atoms with van der Waals surface area (Å²) in [5, 5.41) is 3.73. The van der Waals surface area contributed by atoms with Crippen LogP contribution in [-0.2, 0) is 0 Å². The number of piperidine rings is 1. The van der Waals surface area contributed by atoms with Gasteiger partial charge in [0.25, 0.3) is 0 Å². The molecule has 0 spiro atoms. The zero-order valence-corrected chi connectivity index (χ0v) is 11.6. The molecule has 0 aromatic rings. The van der Waals surface area contributed by atoms with Crippen LogP contribution in [0.2, 0.25) is 0 Å². The lowest BCUT2D eigenvalue weighted by Crippen LogP contribution is -2.42. The van der Waals surface area contributed by atoms with E-state index in [9.17, 15) is 0 Å². The second-order valence-corrected chi connectivity index (χ2v) is 5.93. The number of likely N-dealkylation sites (tertiary alicyclic amines) is 2. The average Bonchev–Trinajstić information content (AvgIpc) is 2.83. The van der Waals surface area contributed by atoms with Crippen molar-refractivity contribution in [2.24, 2.45) is 5.92 Å². The molecule has 3 heteroatoms. The minimum absolute atomic E-state index is 0.700. The van der Waals surface area contributed by atoms with Gasteiger partial charge in [-0.3, -0.25) is 0 Å². The summed E-state index contributed by atoms with van der Waals surface area (Å²) in [6.07, 6.45) is 5.55. The Morgan fingerprint density at radius 1 is 1.12 bits per heavy atom. The molecule has 1 atom stereocenters. The van der Waals surface area contributed by atoms with Gasteiger partial charge in [-0.2, -0.15) is 0 Å². The number of rotatable bonds is 5. The predicted molar refractivity (Wildman–Crippen MR) is 73.4 cm³/mol. The summed E-state index contributed by atoms with van der Waals surface area (Å²) < 4.78 is 0. The largest absolute Gasteiger partial charge is 0.313 e. The highest BCUT2D eigenvalue weighted by molar-refractivity contribution is 4.79. The molecule has 0 aromatic heterocycles. The number of nitrogens with one attached hydrogen (secondary N) is 1. The maximum absolute atomic E-state index is 3.73. The van der Waals surface area contributed by atoms with Crippen LogP contribution in [0.25, 0.3) is 0 Å². The Hall–Kier alpha value is -0.120. The quantitative estimate of drug-likeness (QED) is 0.782. The molecule has 0 radical (unpaired) electrons. The van der Waals surface area contributed by atoms with Crippen molar-refractivity contribution >= 4 is 0 Å². The maximum Gasteiger partial charge on any atom is 0.0107 e. The number of hydrogen-bond acceptors (Lipinski definition) is 3. The normalized spacial score (nSPS) is 26.5. The molecule has 2 aliphatic heterocycles. The molecule has 3 nitrogen and oxygen atoms in total. The molecule has 17 heavy (non-hydrogen) atoms. The molecule has 100 valence electrons. The second kappa shape index (κ2) is 6.72. The van der Waals surface area contributed by atoms with Gasteiger partial charge in [0.15, 0.2) is 0 Å². The van der Waals surface area contributed by atoms with E-state index in [0.717, 1.165) is 5.92 Å². The highest BCUT2D eigenvalue weighted by Crippen LogP contribution is 2.19. The topological polar surface area (TPSA) is 18.5 Å². The van der Waals surface area contributed by atoms with Gasteiger partial charge in [0, 0.05) is 19.1 Å². The second-order valence-electron chi connectivity index (χ2n) is 5.93. The first-order valence-corrected chi connectivity index (χ1v) is 7.40. The summed E-state index contributed by atoms with van der Waals surface area (Å²) in [6.45, 7) is 10.0. The first-order valence-electron chi connectivity index (χ1n) is 7.40. The molecule has 2 heterocycles. The third-order valence-corrected chi connectivity index (χ3v) is 4.56. The monoisotopic (exact) mass is 239 g/mol. The van der Waals surface area contributed by atoms with Crippen LogP contribution >= 0.6 is 0 Å². The fourth-order valence-corrected chi connectivity index (χ4v) is 3.15. The van der Waals surface area contributed by atoms with E-state index in [0.29, 0.717) is 6.04 Å². The lowest BCUT2D eigenvalue weighted by molar-refractivity contribution is 0.187. The van der Waals surface area contributed by atoms with Crippen molar-refractivity contribution in [2.45, 2.75) is 38.6 Å². The Morgan fingerprint density at radius 2 is 1.76 bits per heavy atom. The summed E-state index contributed by atoms with van der Waals surface area (Å²) in [5.41, 5.74) is 0. The maximum atomic E-state index is 3.73. The van der Waals surface area contributed by atoms with Crippen LogP contribution in [0, 0.1) is 5.92 Å². The van der Waals surface area contributed by atoms with E-state index < -0.39 is 0 Å². The van der Waals surface area contributed by atoms with Crippen LogP contribution in [-0.4, -0.2) is 62.2 Å². The van der Waals surface area contributed by atoms with Crippen molar-refractivity contribution in [1.82, 2.24) is 15.1 Å². The van der Waals surface area contributed by atoms with Crippen molar-refractivity contribution in [3.63, 3.8) is 0 Å². The van der Waals surface area contributed by atoms with Crippen molar-refractivity contribution in [1.29, 1.82) is 0 Å². The summed E-state index contributed by atoms with van der Waals surface area (Å²) >= 11 is 0. The molecule has 2 rings (SSSR count). The van der Waals surface area contributed by atoms with Gasteiger partial charge in [0.1, 0.15) is 0 Å². The van der Waals surface area contributed by atoms with Crippen LogP contribution in [0.5, 0.6) is 0 Å². The molecule has 2 fully saturated rings. The molecule has 1 N–H and O–H groups in total. The van der Waals surface area contributed by atoms with Gasteiger partial charge < -0.3 is 15.1 Å². The van der Waals surface area contributed by atoms with Gasteiger partial charge >= 0.3 is 0 Å². The van der Waals surface area contributed by atoms with Gasteiger partial charge in [-0.15, -0.1) is 0 Å². The van der Waals surface area contributed by atoms with Gasteiger partial charge in [-0.25, -0.2) is 0 Å². The fraction of sp³-hybridized carbons (Fsp3) is 1.00. The van der Waals surface area contributed by atoms with Crippen LogP contribution in [0.1, 0.15) is 32.6 Å². The Balaban J connectivity index is 1.58. The Bertz CT molecular complexity index is 206. The van der Waals surface area contributed by atoms with Gasteiger partial charge in [0.05, 0.1) is 0 Å². The van der Waals surface area contributed by atoms with E-state index in [1.807, 2.05) is 0 Å². The van der Waals surface area contributed by atoms with Crippen molar-refractivity contribution in [3.05, 3.63) is 0 Å². The average molecular weight is 239 g/mol. The summed E-state index contributed by atoms with van der Waals surface area (Å²) in [4.78, 5) is 5.04. The van der Waals surface area contributed by atoms with Crippen LogP contribution in [0.4, 0.5) is 0 Å². The molecular formula is C14H29N3. The summed E-state index contributed by atoms with van der Waals surface area (Å²) in [6, 6.07) is 0.700. The first kappa shape index (κ1) is 13.3. The summed E-state index contributed by atoms with van der Waals surface area (Å²) in [5.74, 6) is 0.893. The van der Waals surface area contributed by atoms with E-state index >= 15 is 0 Å². The van der Waals surface area contributed by atoms with Crippen molar-refractivity contribution < 1.29 is 0 Å². The van der Waals surface area contributed by atoms with Crippen LogP contribution in [0.3, 0.4) is 0 Å². The van der Waals surface area contributed by atoms with Crippen molar-refractivity contribution in [3.8, 4) is 0 Å². The highest BCUT2D eigenvalue weighted by atomic mass is 15.2. The molecule has 2 aliphatic rings. The fourth-order valence-electron chi connectivity index (χ4n) is 3.15. The van der Waals surface area contributed by atoms with E-state index in [4.69, 9.17) is 0 Å². The molecule has 0 amide bonds. The number of hydrogen-bond donors (Lipinski definition) is 1. The first-order chi connectivity index (χ1) is 8.25. The highest BCUT2D eigenvalue weighted by Gasteiger charge is 2.21. The molecule has 2 saturated heterocycles. The smallest absolute Gasteiger partial charge is 0.0107 e. The third kappa shape index (κ3) is 4.23. The lowest BCUT2D eigenvalue weighted by atomic mass is 9.90. The zero-order chi connectivity index (χ0) is 12.1. The Labute approximate surface area is 107 Å². The Kier molecular flexibility index (Phi) is 5.26. The molecule has 0 aromatic carbocycles. The third-order valence-electron chi connectivity index (χ3n) is 4.56. The predicted octanol–water partition coefficient (Wildman–Crippen LogP) is 1.40. The van der Waals surface area contributed by atoms with E-state index in [-0.39, 0.29) is 0 Å². The SMILES string of the molecule is CC(NCCN1CCCC1)C1CCN(C)CC1. The molecule has 0 bridgehead atoms. The van der Waals surface area contributed by atoms with Gasteiger partial charge in [0.2, 0.25) is 0 Å². The standard InChI is InChI=1S/C14H29N3/c1-13(14-5-10-16(2)11-6-14)15-7-12-17-8-3-4-9-17/h13-15H,3-12H2,1-2H3. The van der Waals surface area contributed by atoms with E-state index in [1.54, 1.807) is 0 Å². The molecular weight excluding hydrogens is 210 g/mol. The van der Waals surface area contributed by atoms with Crippen LogP contribution in [0.15, 0.2) is 0 Å². The lowest BCUT2D eigenvalue weighted by Gasteiger charge is -2.33.